The molecule has 1 atom stereocenters. The minimum Gasteiger partial charge on any atom is -0.465 e. The molecular weight excluding hydrogens is 363 g/mol. The number of hydrogen-bond donors (Lipinski definition) is 1. The molecule has 23 heavy (non-hydrogen) atoms. The van der Waals surface area contributed by atoms with Gasteiger partial charge in [0.2, 0.25) is 10.0 Å². The number of carbonyl (C=O) groups is 1. The number of methoxy groups -OCH3 is 1. The van der Waals surface area contributed by atoms with Crippen molar-refractivity contribution in [3.8, 4) is 0 Å². The number of esters is 1. The first-order chi connectivity index (χ1) is 10.4. The second-order valence-electron chi connectivity index (χ2n) is 5.12. The van der Waals surface area contributed by atoms with Gasteiger partial charge in [-0.3, -0.25) is 0 Å². The lowest BCUT2D eigenvalue weighted by atomic mass is 10.1. The third kappa shape index (κ3) is 4.36. The molecule has 1 heterocycles. The van der Waals surface area contributed by atoms with Crippen LogP contribution in [0, 0.1) is 0 Å². The van der Waals surface area contributed by atoms with E-state index in [4.69, 9.17) is 11.6 Å². The number of nitrogens with zero attached hydrogens (tertiary/aromatic N) is 1. The van der Waals surface area contributed by atoms with Crippen LogP contribution in [0.4, 0.5) is 0 Å². The summed E-state index contributed by atoms with van der Waals surface area (Å²) in [6.07, 6.45) is 1.68. The van der Waals surface area contributed by atoms with Crippen LogP contribution >= 0.6 is 24.0 Å². The largest absolute Gasteiger partial charge is 0.465 e. The highest BCUT2D eigenvalue weighted by atomic mass is 35.5. The van der Waals surface area contributed by atoms with Gasteiger partial charge in [-0.25, -0.2) is 13.2 Å². The van der Waals surface area contributed by atoms with E-state index >= 15 is 0 Å². The first-order valence-corrected chi connectivity index (χ1v) is 8.77. The summed E-state index contributed by atoms with van der Waals surface area (Å²) in [7, 11) is -0.786. The van der Waals surface area contributed by atoms with Crippen LogP contribution in [0.2, 0.25) is 5.02 Å². The third-order valence-corrected chi connectivity index (χ3v) is 5.90. The molecule has 1 saturated heterocycles. The molecule has 1 aromatic rings. The second-order valence-corrected chi connectivity index (χ2v) is 7.47. The van der Waals surface area contributed by atoms with Crippen LogP contribution in [0.1, 0.15) is 23.2 Å². The minimum absolute atomic E-state index is 0. The summed E-state index contributed by atoms with van der Waals surface area (Å²) < 4.78 is 31.8. The fraction of sp³-hybridized carbons (Fsp3) is 0.500. The summed E-state index contributed by atoms with van der Waals surface area (Å²) in [5, 5.41) is 3.35. The van der Waals surface area contributed by atoms with E-state index in [1.54, 1.807) is 7.05 Å². The maximum Gasteiger partial charge on any atom is 0.339 e. The predicted molar refractivity (Wildman–Crippen MR) is 90.9 cm³/mol. The van der Waals surface area contributed by atoms with Crippen LogP contribution in [-0.2, 0) is 14.8 Å². The Balaban J connectivity index is 0.00000264. The molecule has 1 N–H and O–H groups in total. The Labute approximate surface area is 147 Å². The number of ether oxygens (including phenoxy) is 1. The quantitative estimate of drug-likeness (QED) is 0.805. The number of halogens is 2. The van der Waals surface area contributed by atoms with Gasteiger partial charge in [-0.2, -0.15) is 4.31 Å². The fourth-order valence-corrected chi connectivity index (χ4v) is 4.49. The van der Waals surface area contributed by atoms with E-state index in [9.17, 15) is 13.2 Å². The Kier molecular flexibility index (Phi) is 7.29. The van der Waals surface area contributed by atoms with Crippen LogP contribution in [0.3, 0.4) is 0 Å². The molecule has 1 unspecified atom stereocenters. The molecule has 9 heteroatoms. The van der Waals surface area contributed by atoms with Gasteiger partial charge in [0.25, 0.3) is 0 Å². The van der Waals surface area contributed by atoms with Crippen molar-refractivity contribution < 1.29 is 17.9 Å². The number of nitrogens with one attached hydrogen (secondary N) is 1. The van der Waals surface area contributed by atoms with E-state index in [1.807, 2.05) is 0 Å². The number of benzene rings is 1. The van der Waals surface area contributed by atoms with Gasteiger partial charge in [-0.15, -0.1) is 12.4 Å². The molecule has 6 nitrogen and oxygen atoms in total. The Morgan fingerprint density at radius 1 is 1.43 bits per heavy atom. The Morgan fingerprint density at radius 2 is 2.13 bits per heavy atom. The van der Waals surface area contributed by atoms with Gasteiger partial charge in [0.1, 0.15) is 0 Å². The van der Waals surface area contributed by atoms with Gasteiger partial charge in [-0.05, 0) is 38.1 Å². The molecule has 0 amide bonds. The van der Waals surface area contributed by atoms with E-state index in [-0.39, 0.29) is 33.9 Å². The van der Waals surface area contributed by atoms with Crippen molar-refractivity contribution in [1.29, 1.82) is 0 Å². The lowest BCUT2D eigenvalue weighted by Crippen LogP contribution is -2.47. The summed E-state index contributed by atoms with van der Waals surface area (Å²) in [6.45, 7) is 0.791. The molecule has 1 aliphatic rings. The molecule has 2 rings (SSSR count). The molecule has 0 radical (unpaired) electrons. The summed E-state index contributed by atoms with van der Waals surface area (Å²) >= 11 is 5.92. The Hall–Kier alpha value is -0.860. The van der Waals surface area contributed by atoms with Crippen molar-refractivity contribution in [3.63, 3.8) is 0 Å². The maximum atomic E-state index is 12.9. The smallest absolute Gasteiger partial charge is 0.339 e. The van der Waals surface area contributed by atoms with Crippen molar-refractivity contribution in [2.75, 3.05) is 27.2 Å². The number of likely N-dealkylation sites (N-methyl/N-ethyl adjacent to an activating group) is 1. The van der Waals surface area contributed by atoms with Crippen molar-refractivity contribution in [3.05, 3.63) is 28.8 Å². The SMILES string of the molecule is CNC1CCCN(S(=O)(=O)c2cc(Cl)ccc2C(=O)OC)C1.Cl. The summed E-state index contributed by atoms with van der Waals surface area (Å²) in [5.74, 6) is -0.697. The van der Waals surface area contributed by atoms with Gasteiger partial charge in [-0.1, -0.05) is 11.6 Å². The number of rotatable bonds is 4. The zero-order chi connectivity index (χ0) is 16.3. The standard InChI is InChI=1S/C14H19ClN2O4S.ClH/c1-16-11-4-3-7-17(9-11)22(19,20)13-8-10(15)5-6-12(13)14(18)21-2;/h5-6,8,11,16H,3-4,7,9H2,1-2H3;1H. The Bertz CT molecular complexity index is 667. The van der Waals surface area contributed by atoms with Crippen LogP contribution in [0.15, 0.2) is 23.1 Å². The third-order valence-electron chi connectivity index (χ3n) is 3.76. The molecule has 0 aliphatic carbocycles. The molecule has 130 valence electrons. The van der Waals surface area contributed by atoms with Crippen molar-refractivity contribution in [1.82, 2.24) is 9.62 Å². The highest BCUT2D eigenvalue weighted by Gasteiger charge is 2.33. The molecule has 0 aromatic heterocycles. The lowest BCUT2D eigenvalue weighted by Gasteiger charge is -2.32. The zero-order valence-electron chi connectivity index (χ0n) is 12.9. The number of sulfonamides is 1. The van der Waals surface area contributed by atoms with E-state index in [1.165, 1.54) is 29.6 Å². The molecule has 0 bridgehead atoms. The first-order valence-electron chi connectivity index (χ1n) is 6.95. The molecule has 1 fully saturated rings. The zero-order valence-corrected chi connectivity index (χ0v) is 15.3. The highest BCUT2D eigenvalue weighted by Crippen LogP contribution is 2.27. The highest BCUT2D eigenvalue weighted by molar-refractivity contribution is 7.89. The molecular formula is C14H20Cl2N2O4S. The topological polar surface area (TPSA) is 75.7 Å². The maximum absolute atomic E-state index is 12.9. The fourth-order valence-electron chi connectivity index (χ4n) is 2.52. The second kappa shape index (κ2) is 8.30. The van der Waals surface area contributed by atoms with Gasteiger partial charge in [0.15, 0.2) is 0 Å². The van der Waals surface area contributed by atoms with Gasteiger partial charge < -0.3 is 10.1 Å². The normalized spacial score (nSPS) is 19.0. The van der Waals surface area contributed by atoms with Crippen LogP contribution in [0.25, 0.3) is 0 Å². The monoisotopic (exact) mass is 382 g/mol. The Morgan fingerprint density at radius 3 is 2.74 bits per heavy atom. The van der Waals surface area contributed by atoms with Gasteiger partial charge >= 0.3 is 5.97 Å². The molecule has 0 saturated carbocycles. The van der Waals surface area contributed by atoms with Crippen molar-refractivity contribution in [2.24, 2.45) is 0 Å². The van der Waals surface area contributed by atoms with Crippen LogP contribution in [-0.4, -0.2) is 52.0 Å². The van der Waals surface area contributed by atoms with Crippen LogP contribution in [0.5, 0.6) is 0 Å². The van der Waals surface area contributed by atoms with E-state index in [0.717, 1.165) is 12.8 Å². The first kappa shape index (κ1) is 20.2. The van der Waals surface area contributed by atoms with Crippen molar-refractivity contribution in [2.45, 2.75) is 23.8 Å². The molecule has 1 aliphatic heterocycles. The molecule has 1 aromatic carbocycles. The summed E-state index contributed by atoms with van der Waals surface area (Å²) in [6, 6.07) is 4.25. The van der Waals surface area contributed by atoms with E-state index in [2.05, 4.69) is 10.1 Å². The van der Waals surface area contributed by atoms with E-state index in [0.29, 0.717) is 13.1 Å². The lowest BCUT2D eigenvalue weighted by molar-refractivity contribution is 0.0596. The molecule has 0 spiro atoms. The van der Waals surface area contributed by atoms with Crippen LogP contribution < -0.4 is 5.32 Å². The van der Waals surface area contributed by atoms with Crippen molar-refractivity contribution >= 4 is 40.0 Å². The number of piperidine rings is 1. The summed E-state index contributed by atoms with van der Waals surface area (Å²) in [4.78, 5) is 11.7. The average Bonchev–Trinajstić information content (AvgIpc) is 2.54. The predicted octanol–water partition coefficient (Wildman–Crippen LogP) is 1.92. The minimum atomic E-state index is -3.81. The number of carbonyl (C=O) groups excluding carboxylic acids is 1. The number of hydrogen-bond acceptors (Lipinski definition) is 5. The average molecular weight is 383 g/mol. The van der Waals surface area contributed by atoms with E-state index < -0.39 is 16.0 Å². The van der Waals surface area contributed by atoms with Gasteiger partial charge in [0.05, 0.1) is 17.6 Å². The van der Waals surface area contributed by atoms with Gasteiger partial charge in [0, 0.05) is 24.2 Å². The summed E-state index contributed by atoms with van der Waals surface area (Å²) in [5.41, 5.74) is -0.00141.